The fourth-order valence-corrected chi connectivity index (χ4v) is 2.28. The number of halogens is 3. The molecule has 0 spiro atoms. The summed E-state index contributed by atoms with van der Waals surface area (Å²) < 4.78 is 37.7. The number of benzene rings is 2. The topological polar surface area (TPSA) is 37.3 Å². The Morgan fingerprint density at radius 3 is 1.95 bits per heavy atom. The number of hydrogen-bond donors (Lipinski definition) is 1. The zero-order chi connectivity index (χ0) is 15.8. The van der Waals surface area contributed by atoms with E-state index >= 15 is 0 Å². The molecule has 0 aliphatic heterocycles. The van der Waals surface area contributed by atoms with Crippen molar-refractivity contribution in [3.63, 3.8) is 0 Å². The van der Waals surface area contributed by atoms with E-state index in [0.29, 0.717) is 22.3 Å². The molecule has 2 aromatic rings. The van der Waals surface area contributed by atoms with Crippen LogP contribution < -0.4 is 0 Å². The first-order valence-corrected chi connectivity index (χ1v) is 6.23. The number of carboxylic acids is 1. The fraction of sp³-hybridized carbons (Fsp3) is 0.188. The summed E-state index contributed by atoms with van der Waals surface area (Å²) in [6.07, 6.45) is -4.41. The summed E-state index contributed by atoms with van der Waals surface area (Å²) >= 11 is 0. The lowest BCUT2D eigenvalue weighted by Crippen LogP contribution is -2.06. The molecule has 2 rings (SSSR count). The molecule has 0 aromatic heterocycles. The molecule has 2 nitrogen and oxygen atoms in total. The van der Waals surface area contributed by atoms with Gasteiger partial charge in [-0.1, -0.05) is 24.3 Å². The van der Waals surface area contributed by atoms with Gasteiger partial charge in [0.2, 0.25) is 0 Å². The van der Waals surface area contributed by atoms with Gasteiger partial charge in [-0.3, -0.25) is 0 Å². The van der Waals surface area contributed by atoms with E-state index < -0.39 is 17.7 Å². The van der Waals surface area contributed by atoms with Crippen molar-refractivity contribution in [1.82, 2.24) is 0 Å². The fourth-order valence-electron chi connectivity index (χ4n) is 2.28. The van der Waals surface area contributed by atoms with Crippen LogP contribution in [0.4, 0.5) is 13.2 Å². The van der Waals surface area contributed by atoms with Crippen LogP contribution in [0.5, 0.6) is 0 Å². The first-order valence-electron chi connectivity index (χ1n) is 6.23. The van der Waals surface area contributed by atoms with Gasteiger partial charge in [0.1, 0.15) is 0 Å². The summed E-state index contributed by atoms with van der Waals surface area (Å²) in [7, 11) is 0. The van der Waals surface area contributed by atoms with Gasteiger partial charge in [-0.2, -0.15) is 13.2 Å². The first-order chi connectivity index (χ1) is 9.71. The van der Waals surface area contributed by atoms with E-state index in [4.69, 9.17) is 0 Å². The van der Waals surface area contributed by atoms with Gasteiger partial charge in [0.25, 0.3) is 0 Å². The number of carbonyl (C=O) groups is 1. The predicted molar refractivity (Wildman–Crippen MR) is 73.3 cm³/mol. The SMILES string of the molecule is Cc1ccc(C)c(-c2ccc(C(F)(F)F)cc2)c1C(=O)O. The summed E-state index contributed by atoms with van der Waals surface area (Å²) in [5, 5.41) is 9.34. The maximum Gasteiger partial charge on any atom is 0.416 e. The highest BCUT2D eigenvalue weighted by Crippen LogP contribution is 2.34. The van der Waals surface area contributed by atoms with Crippen molar-refractivity contribution < 1.29 is 23.1 Å². The molecule has 0 aliphatic rings. The third-order valence-electron chi connectivity index (χ3n) is 3.34. The van der Waals surface area contributed by atoms with Crippen LogP contribution in [0, 0.1) is 13.8 Å². The monoisotopic (exact) mass is 294 g/mol. The average molecular weight is 294 g/mol. The quantitative estimate of drug-likeness (QED) is 0.872. The molecule has 110 valence electrons. The molecule has 0 radical (unpaired) electrons. The highest BCUT2D eigenvalue weighted by Gasteiger charge is 2.30. The Labute approximate surface area is 119 Å². The molecule has 21 heavy (non-hydrogen) atoms. The third kappa shape index (κ3) is 2.91. The van der Waals surface area contributed by atoms with Crippen LogP contribution in [0.2, 0.25) is 0 Å². The molecular weight excluding hydrogens is 281 g/mol. The van der Waals surface area contributed by atoms with Gasteiger partial charge < -0.3 is 5.11 Å². The highest BCUT2D eigenvalue weighted by molar-refractivity contribution is 5.98. The molecule has 0 fully saturated rings. The van der Waals surface area contributed by atoms with Crippen molar-refractivity contribution >= 4 is 5.97 Å². The van der Waals surface area contributed by atoms with Gasteiger partial charge in [-0.25, -0.2) is 4.79 Å². The van der Waals surface area contributed by atoms with Crippen molar-refractivity contribution in [2.75, 3.05) is 0 Å². The molecule has 5 heteroatoms. The van der Waals surface area contributed by atoms with E-state index in [1.807, 2.05) is 0 Å². The molecule has 0 unspecified atom stereocenters. The van der Waals surface area contributed by atoms with Crippen molar-refractivity contribution in [2.24, 2.45) is 0 Å². The molecular formula is C16H13F3O2. The number of rotatable bonds is 2. The lowest BCUT2D eigenvalue weighted by molar-refractivity contribution is -0.137. The molecule has 0 heterocycles. The zero-order valence-corrected chi connectivity index (χ0v) is 11.5. The van der Waals surface area contributed by atoms with Gasteiger partial charge >= 0.3 is 12.1 Å². The minimum atomic E-state index is -4.41. The number of hydrogen-bond acceptors (Lipinski definition) is 1. The molecule has 2 aromatic carbocycles. The van der Waals surface area contributed by atoms with Crippen LogP contribution in [0.25, 0.3) is 11.1 Å². The van der Waals surface area contributed by atoms with Gasteiger partial charge in [0.05, 0.1) is 11.1 Å². The summed E-state index contributed by atoms with van der Waals surface area (Å²) in [6, 6.07) is 7.97. The molecule has 0 atom stereocenters. The van der Waals surface area contributed by atoms with Crippen LogP contribution in [-0.4, -0.2) is 11.1 Å². The number of carboxylic acid groups (broad SMARTS) is 1. The molecule has 0 aliphatic carbocycles. The maximum absolute atomic E-state index is 12.6. The van der Waals surface area contributed by atoms with Gasteiger partial charge in [0, 0.05) is 0 Å². The third-order valence-corrected chi connectivity index (χ3v) is 3.34. The normalized spacial score (nSPS) is 11.5. The first kappa shape index (κ1) is 15.1. The smallest absolute Gasteiger partial charge is 0.416 e. The van der Waals surface area contributed by atoms with E-state index in [1.165, 1.54) is 12.1 Å². The molecule has 1 N–H and O–H groups in total. The van der Waals surface area contributed by atoms with Gasteiger partial charge in [-0.15, -0.1) is 0 Å². The molecule has 0 saturated carbocycles. The Morgan fingerprint density at radius 1 is 0.952 bits per heavy atom. The molecule has 0 amide bonds. The van der Waals surface area contributed by atoms with Crippen LogP contribution >= 0.6 is 0 Å². The van der Waals surface area contributed by atoms with E-state index in [9.17, 15) is 23.1 Å². The summed E-state index contributed by atoms with van der Waals surface area (Å²) in [6.45, 7) is 3.40. The van der Waals surface area contributed by atoms with Gasteiger partial charge in [-0.05, 0) is 48.2 Å². The van der Waals surface area contributed by atoms with Crippen molar-refractivity contribution in [1.29, 1.82) is 0 Å². The van der Waals surface area contributed by atoms with Crippen molar-refractivity contribution in [2.45, 2.75) is 20.0 Å². The predicted octanol–water partition coefficient (Wildman–Crippen LogP) is 4.69. The van der Waals surface area contributed by atoms with E-state index in [2.05, 4.69) is 0 Å². The second-order valence-corrected chi connectivity index (χ2v) is 4.83. The summed E-state index contributed by atoms with van der Waals surface area (Å²) in [5.74, 6) is -1.09. The lowest BCUT2D eigenvalue weighted by atomic mass is 9.91. The Balaban J connectivity index is 2.62. The Kier molecular flexibility index (Phi) is 3.77. The van der Waals surface area contributed by atoms with E-state index in [1.54, 1.807) is 26.0 Å². The standard InChI is InChI=1S/C16H13F3O2/c1-9-3-4-10(2)14(15(20)21)13(9)11-5-7-12(8-6-11)16(17,18)19/h3-8H,1-2H3,(H,20,21). The zero-order valence-electron chi connectivity index (χ0n) is 11.5. The largest absolute Gasteiger partial charge is 0.478 e. The second-order valence-electron chi connectivity index (χ2n) is 4.83. The number of aromatic carboxylic acids is 1. The lowest BCUT2D eigenvalue weighted by Gasteiger charge is -2.14. The van der Waals surface area contributed by atoms with Gasteiger partial charge in [0.15, 0.2) is 0 Å². The van der Waals surface area contributed by atoms with Crippen molar-refractivity contribution in [3.05, 3.63) is 58.7 Å². The average Bonchev–Trinajstić information content (AvgIpc) is 2.40. The number of aryl methyl sites for hydroxylation is 2. The summed E-state index contributed by atoms with van der Waals surface area (Å²) in [5.41, 5.74) is 1.56. The molecule has 0 bridgehead atoms. The minimum absolute atomic E-state index is 0.120. The Morgan fingerprint density at radius 2 is 1.48 bits per heavy atom. The highest BCUT2D eigenvalue weighted by atomic mass is 19.4. The second kappa shape index (κ2) is 5.24. The summed E-state index contributed by atoms with van der Waals surface area (Å²) in [4.78, 5) is 11.4. The van der Waals surface area contributed by atoms with Crippen LogP contribution in [0.15, 0.2) is 36.4 Å². The molecule has 0 saturated heterocycles. The van der Waals surface area contributed by atoms with Crippen LogP contribution in [0.3, 0.4) is 0 Å². The van der Waals surface area contributed by atoms with E-state index in [-0.39, 0.29) is 5.56 Å². The van der Waals surface area contributed by atoms with Crippen molar-refractivity contribution in [3.8, 4) is 11.1 Å². The number of alkyl halides is 3. The maximum atomic E-state index is 12.6. The van der Waals surface area contributed by atoms with Crippen LogP contribution in [0.1, 0.15) is 27.0 Å². The Hall–Kier alpha value is -2.30. The van der Waals surface area contributed by atoms with E-state index in [0.717, 1.165) is 12.1 Å². The van der Waals surface area contributed by atoms with Crippen LogP contribution in [-0.2, 0) is 6.18 Å². The Bertz CT molecular complexity index is 686. The minimum Gasteiger partial charge on any atom is -0.478 e.